The van der Waals surface area contributed by atoms with Gasteiger partial charge in [0.1, 0.15) is 0 Å². The van der Waals surface area contributed by atoms with E-state index in [0.717, 1.165) is 33.4 Å². The Labute approximate surface area is 229 Å². The van der Waals surface area contributed by atoms with Crippen LogP contribution in [0.5, 0.6) is 34.5 Å². The topological polar surface area (TPSA) is 121 Å². The maximum absolute atomic E-state index is 10.5. The van der Waals surface area contributed by atoms with Crippen molar-refractivity contribution < 1.29 is 30.6 Å². The summed E-state index contributed by atoms with van der Waals surface area (Å²) in [6.45, 7) is 12.5. The molecular weight excluding hydrogens is 492 g/mol. The van der Waals surface area contributed by atoms with Crippen molar-refractivity contribution >= 4 is 0 Å². The summed E-state index contributed by atoms with van der Waals surface area (Å²) in [5.41, 5.74) is 7.74. The summed E-state index contributed by atoms with van der Waals surface area (Å²) >= 11 is 0. The Bertz CT molecular complexity index is 1340. The van der Waals surface area contributed by atoms with Gasteiger partial charge >= 0.3 is 0 Å². The highest BCUT2D eigenvalue weighted by atomic mass is 16.3. The van der Waals surface area contributed by atoms with Crippen LogP contribution in [0.15, 0.2) is 54.6 Å². The molecule has 0 amide bonds. The van der Waals surface area contributed by atoms with Gasteiger partial charge in [0.15, 0.2) is 34.5 Å². The maximum atomic E-state index is 10.5. The fourth-order valence-electron chi connectivity index (χ4n) is 5.51. The van der Waals surface area contributed by atoms with E-state index in [1.54, 1.807) is 36.4 Å². The summed E-state index contributed by atoms with van der Waals surface area (Å²) < 4.78 is 0. The minimum atomic E-state index is -0.238. The van der Waals surface area contributed by atoms with Crippen LogP contribution in [0.25, 0.3) is 33.4 Å². The Hall–Kier alpha value is -4.32. The second-order valence-electron chi connectivity index (χ2n) is 10.9. The molecule has 0 atom stereocenters. The lowest BCUT2D eigenvalue weighted by Gasteiger charge is -2.32. The molecule has 0 aliphatic carbocycles. The molecule has 0 saturated carbocycles. The zero-order chi connectivity index (χ0) is 28.8. The molecule has 6 N–H and O–H groups in total. The van der Waals surface area contributed by atoms with Crippen molar-refractivity contribution in [1.82, 2.24) is 0 Å². The number of rotatable bonds is 6. The molecular formula is C33H36O6. The van der Waals surface area contributed by atoms with Crippen LogP contribution in [-0.2, 0) is 0 Å². The van der Waals surface area contributed by atoms with Crippen LogP contribution < -0.4 is 0 Å². The van der Waals surface area contributed by atoms with E-state index in [-0.39, 0.29) is 52.3 Å². The average Bonchev–Trinajstić information content (AvgIpc) is 2.87. The van der Waals surface area contributed by atoms with Crippen molar-refractivity contribution in [3.05, 3.63) is 71.3 Å². The first-order valence-corrected chi connectivity index (χ1v) is 13.1. The van der Waals surface area contributed by atoms with Gasteiger partial charge in [-0.15, -0.1) is 0 Å². The summed E-state index contributed by atoms with van der Waals surface area (Å²) in [5.74, 6) is -1.38. The van der Waals surface area contributed by atoms with Crippen molar-refractivity contribution in [2.75, 3.05) is 0 Å². The van der Waals surface area contributed by atoms with Crippen molar-refractivity contribution in [3.8, 4) is 67.9 Å². The van der Waals surface area contributed by atoms with Crippen LogP contribution in [0.1, 0.15) is 76.0 Å². The molecule has 6 heteroatoms. The molecule has 4 aromatic carbocycles. The van der Waals surface area contributed by atoms with E-state index >= 15 is 0 Å². The fraction of sp³-hybridized carbons (Fsp3) is 0.273. The van der Waals surface area contributed by atoms with Gasteiger partial charge in [0, 0.05) is 0 Å². The number of phenols is 6. The van der Waals surface area contributed by atoms with E-state index < -0.39 is 0 Å². The Morgan fingerprint density at radius 1 is 0.359 bits per heavy atom. The summed E-state index contributed by atoms with van der Waals surface area (Å²) in [4.78, 5) is 0. The smallest absolute Gasteiger partial charge is 0.158 e. The lowest BCUT2D eigenvalue weighted by atomic mass is 9.71. The highest BCUT2D eigenvalue weighted by molar-refractivity contribution is 5.94. The molecule has 0 aromatic heterocycles. The molecule has 0 heterocycles. The third-order valence-corrected chi connectivity index (χ3v) is 7.14. The zero-order valence-corrected chi connectivity index (χ0v) is 23.1. The van der Waals surface area contributed by atoms with Crippen LogP contribution in [-0.4, -0.2) is 30.6 Å². The first-order chi connectivity index (χ1) is 18.3. The number of aromatic hydroxyl groups is 6. The standard InChI is InChI=1S/C33H36O6/c1-16(2)28-31(19-7-10-22(34)25(37)13-19)29(17(3)4)33(21-9-12-24(36)27(39)15-21)30(18(5)6)32(28)20-8-11-23(35)26(38)14-20/h7-18,34-39H,1-6H3. The van der Waals surface area contributed by atoms with Gasteiger partial charge in [0.2, 0.25) is 0 Å². The summed E-state index contributed by atoms with van der Waals surface area (Å²) in [6.07, 6.45) is 0. The van der Waals surface area contributed by atoms with Crippen molar-refractivity contribution in [3.63, 3.8) is 0 Å². The molecule has 0 aliphatic heterocycles. The molecule has 0 saturated heterocycles. The monoisotopic (exact) mass is 528 g/mol. The number of benzene rings is 4. The van der Waals surface area contributed by atoms with Gasteiger partial charge in [-0.2, -0.15) is 0 Å². The van der Waals surface area contributed by atoms with Gasteiger partial charge in [-0.25, -0.2) is 0 Å². The minimum Gasteiger partial charge on any atom is -0.504 e. The van der Waals surface area contributed by atoms with Gasteiger partial charge in [-0.05, 0) is 104 Å². The second-order valence-corrected chi connectivity index (χ2v) is 10.9. The van der Waals surface area contributed by atoms with Crippen LogP contribution in [0, 0.1) is 0 Å². The van der Waals surface area contributed by atoms with E-state index in [9.17, 15) is 30.6 Å². The van der Waals surface area contributed by atoms with Crippen molar-refractivity contribution in [2.24, 2.45) is 0 Å². The predicted octanol–water partition coefficient (Wildman–Crippen LogP) is 8.29. The Morgan fingerprint density at radius 3 is 0.769 bits per heavy atom. The molecule has 0 aliphatic rings. The summed E-state index contributed by atoms with van der Waals surface area (Å²) in [7, 11) is 0. The molecule has 0 radical (unpaired) electrons. The van der Waals surface area contributed by atoms with E-state index in [0.29, 0.717) is 16.7 Å². The van der Waals surface area contributed by atoms with Gasteiger partial charge in [0.25, 0.3) is 0 Å². The van der Waals surface area contributed by atoms with Gasteiger partial charge in [-0.1, -0.05) is 59.7 Å². The SMILES string of the molecule is CC(C)c1c(-c2ccc(O)c(O)c2)c(C(C)C)c(-c2ccc(O)c(O)c2)c(C(C)C)c1-c1ccc(O)c(O)c1. The minimum absolute atomic E-state index is 0.000776. The second kappa shape index (κ2) is 10.4. The lowest BCUT2D eigenvalue weighted by Crippen LogP contribution is -2.11. The Kier molecular flexibility index (Phi) is 7.42. The number of hydrogen-bond acceptors (Lipinski definition) is 6. The lowest BCUT2D eigenvalue weighted by molar-refractivity contribution is 0.404. The average molecular weight is 529 g/mol. The van der Waals surface area contributed by atoms with Crippen molar-refractivity contribution in [1.29, 1.82) is 0 Å². The van der Waals surface area contributed by atoms with Gasteiger partial charge in [0.05, 0.1) is 0 Å². The van der Waals surface area contributed by atoms with Gasteiger partial charge in [-0.3, -0.25) is 0 Å². The summed E-state index contributed by atoms with van der Waals surface area (Å²) in [6, 6.07) is 14.4. The van der Waals surface area contributed by atoms with Crippen LogP contribution in [0.4, 0.5) is 0 Å². The van der Waals surface area contributed by atoms with Crippen molar-refractivity contribution in [2.45, 2.75) is 59.3 Å². The normalized spacial score (nSPS) is 11.6. The molecule has 0 unspecified atom stereocenters. The van der Waals surface area contributed by atoms with Crippen LogP contribution >= 0.6 is 0 Å². The molecule has 0 fully saturated rings. The number of phenolic OH excluding ortho intramolecular Hbond substituents is 6. The Balaban J connectivity index is 2.35. The Morgan fingerprint density at radius 2 is 0.590 bits per heavy atom. The summed E-state index contributed by atoms with van der Waals surface area (Å²) in [5, 5.41) is 61.8. The molecule has 204 valence electrons. The van der Waals surface area contributed by atoms with E-state index in [1.165, 1.54) is 18.2 Å². The first kappa shape index (κ1) is 27.7. The van der Waals surface area contributed by atoms with Gasteiger partial charge < -0.3 is 30.6 Å². The molecule has 4 rings (SSSR count). The highest BCUT2D eigenvalue weighted by Gasteiger charge is 2.30. The maximum Gasteiger partial charge on any atom is 0.158 e. The highest BCUT2D eigenvalue weighted by Crippen LogP contribution is 2.53. The molecule has 39 heavy (non-hydrogen) atoms. The fourth-order valence-corrected chi connectivity index (χ4v) is 5.51. The molecule has 4 aromatic rings. The third kappa shape index (κ3) is 4.94. The van der Waals surface area contributed by atoms with Crippen LogP contribution in [0.2, 0.25) is 0 Å². The molecule has 0 bridgehead atoms. The largest absolute Gasteiger partial charge is 0.504 e. The molecule has 6 nitrogen and oxygen atoms in total. The molecule has 0 spiro atoms. The third-order valence-electron chi connectivity index (χ3n) is 7.14. The first-order valence-electron chi connectivity index (χ1n) is 13.1. The number of hydrogen-bond donors (Lipinski definition) is 6. The van der Waals surface area contributed by atoms with E-state index in [4.69, 9.17) is 0 Å². The van der Waals surface area contributed by atoms with E-state index in [2.05, 4.69) is 41.5 Å². The zero-order valence-electron chi connectivity index (χ0n) is 23.1. The van der Waals surface area contributed by atoms with E-state index in [1.807, 2.05) is 0 Å². The quantitative estimate of drug-likeness (QED) is 0.140. The predicted molar refractivity (Wildman–Crippen MR) is 155 cm³/mol. The van der Waals surface area contributed by atoms with Crippen LogP contribution in [0.3, 0.4) is 0 Å².